The first kappa shape index (κ1) is 18.9. The van der Waals surface area contributed by atoms with E-state index in [-0.39, 0.29) is 11.5 Å². The molecular formula is C19H28ClN3O. The Kier molecular flexibility index (Phi) is 6.81. The topological polar surface area (TPSA) is 50.9 Å². The highest BCUT2D eigenvalue weighted by Crippen LogP contribution is 2.31. The van der Waals surface area contributed by atoms with Gasteiger partial charge >= 0.3 is 0 Å². The van der Waals surface area contributed by atoms with E-state index in [0.717, 1.165) is 37.1 Å². The molecule has 0 bridgehead atoms. The predicted octanol–water partition coefficient (Wildman–Crippen LogP) is 4.68. The molecule has 2 atom stereocenters. The normalized spacial score (nSPS) is 14.5. The molecule has 2 rings (SSSR count). The highest BCUT2D eigenvalue weighted by molar-refractivity contribution is 6.31. The molecule has 1 N–H and O–H groups in total. The van der Waals surface area contributed by atoms with Crippen LogP contribution in [0.25, 0.3) is 0 Å². The molecule has 5 heteroatoms. The summed E-state index contributed by atoms with van der Waals surface area (Å²) < 4.78 is 1.80. The average molecular weight is 350 g/mol. The lowest BCUT2D eigenvalue weighted by Gasteiger charge is -2.33. The molecule has 2 aromatic rings. The van der Waals surface area contributed by atoms with E-state index >= 15 is 0 Å². The zero-order valence-corrected chi connectivity index (χ0v) is 15.6. The van der Waals surface area contributed by atoms with Gasteiger partial charge in [-0.25, -0.2) is 9.67 Å². The smallest absolute Gasteiger partial charge is 0.137 e. The molecular weight excluding hydrogens is 322 g/mol. The fraction of sp³-hybridized carbons (Fsp3) is 0.579. The lowest BCUT2D eigenvalue weighted by molar-refractivity contribution is 0.00846. The van der Waals surface area contributed by atoms with Crippen molar-refractivity contribution in [2.75, 3.05) is 0 Å². The molecule has 1 heterocycles. The van der Waals surface area contributed by atoms with Crippen molar-refractivity contribution in [3.8, 4) is 0 Å². The molecule has 0 saturated heterocycles. The zero-order chi connectivity index (χ0) is 17.6. The minimum atomic E-state index is -0.456. The van der Waals surface area contributed by atoms with Crippen LogP contribution in [0.1, 0.15) is 58.1 Å². The molecule has 132 valence electrons. The van der Waals surface area contributed by atoms with Gasteiger partial charge in [0.25, 0.3) is 0 Å². The van der Waals surface area contributed by atoms with Crippen molar-refractivity contribution in [1.82, 2.24) is 14.8 Å². The van der Waals surface area contributed by atoms with Gasteiger partial charge in [-0.15, -0.1) is 0 Å². The molecule has 0 aliphatic carbocycles. The number of aliphatic hydroxyl groups is 1. The van der Waals surface area contributed by atoms with Crippen molar-refractivity contribution in [3.63, 3.8) is 0 Å². The molecule has 0 aliphatic rings. The summed E-state index contributed by atoms with van der Waals surface area (Å²) in [5.41, 5.74) is 1.02. The molecule has 0 radical (unpaired) electrons. The summed E-state index contributed by atoms with van der Waals surface area (Å²) in [5.74, 6) is 0. The second-order valence-electron chi connectivity index (χ2n) is 7.44. The van der Waals surface area contributed by atoms with Crippen LogP contribution >= 0.6 is 11.6 Å². The Labute approximate surface area is 149 Å². The van der Waals surface area contributed by atoms with E-state index in [4.69, 9.17) is 11.6 Å². The number of halogens is 1. The highest BCUT2D eigenvalue weighted by Gasteiger charge is 2.31. The van der Waals surface area contributed by atoms with Gasteiger partial charge in [0.2, 0.25) is 0 Å². The van der Waals surface area contributed by atoms with Gasteiger partial charge in [0, 0.05) is 5.02 Å². The number of unbranched alkanes of at least 4 members (excludes halogenated alkanes) is 2. The first-order valence-corrected chi connectivity index (χ1v) is 9.03. The second-order valence-corrected chi connectivity index (χ2v) is 7.85. The van der Waals surface area contributed by atoms with Gasteiger partial charge in [-0.3, -0.25) is 0 Å². The summed E-state index contributed by atoms with van der Waals surface area (Å²) in [6, 6.07) is 7.98. The maximum Gasteiger partial charge on any atom is 0.137 e. The Bertz CT molecular complexity index is 607. The number of aliphatic hydroxyl groups excluding tert-OH is 1. The molecule has 24 heavy (non-hydrogen) atoms. The number of nitrogens with zero attached hydrogens (tertiary/aromatic N) is 3. The summed E-state index contributed by atoms with van der Waals surface area (Å²) in [4.78, 5) is 4.03. The van der Waals surface area contributed by atoms with Crippen LogP contribution in [0.5, 0.6) is 0 Å². The molecule has 0 spiro atoms. The maximum atomic E-state index is 10.7. The molecule has 2 unspecified atom stereocenters. The van der Waals surface area contributed by atoms with Crippen LogP contribution in [0.4, 0.5) is 0 Å². The van der Waals surface area contributed by atoms with Gasteiger partial charge < -0.3 is 5.11 Å². The van der Waals surface area contributed by atoms with E-state index in [1.54, 1.807) is 11.0 Å². The Morgan fingerprint density at radius 2 is 1.92 bits per heavy atom. The fourth-order valence-corrected chi connectivity index (χ4v) is 3.18. The van der Waals surface area contributed by atoms with Crippen LogP contribution in [0.3, 0.4) is 0 Å². The number of rotatable bonds is 8. The van der Waals surface area contributed by atoms with Crippen molar-refractivity contribution in [2.24, 2.45) is 5.41 Å². The standard InChI is InChI=1S/C19H28ClN3O/c1-19(2,3)18(24)17(23-14-21-13-22-23)12-6-4-5-9-15-10-7-8-11-16(15)20/h7-8,10-11,13-14,17-18,24H,4-6,9,12H2,1-3H3. The fourth-order valence-electron chi connectivity index (χ4n) is 2.95. The zero-order valence-electron chi connectivity index (χ0n) is 14.8. The van der Waals surface area contributed by atoms with Crippen LogP contribution < -0.4 is 0 Å². The van der Waals surface area contributed by atoms with Crippen LogP contribution in [-0.4, -0.2) is 26.0 Å². The van der Waals surface area contributed by atoms with E-state index < -0.39 is 6.10 Å². The quantitative estimate of drug-likeness (QED) is 0.704. The van der Waals surface area contributed by atoms with E-state index in [1.807, 2.05) is 18.2 Å². The number of aromatic nitrogens is 3. The summed E-state index contributed by atoms with van der Waals surface area (Å²) in [5, 5.41) is 15.8. The summed E-state index contributed by atoms with van der Waals surface area (Å²) >= 11 is 6.20. The van der Waals surface area contributed by atoms with Crippen LogP contribution in [-0.2, 0) is 6.42 Å². The maximum absolute atomic E-state index is 10.7. The number of hydrogen-bond donors (Lipinski definition) is 1. The lowest BCUT2D eigenvalue weighted by atomic mass is 9.83. The first-order chi connectivity index (χ1) is 11.4. The van der Waals surface area contributed by atoms with Gasteiger partial charge in [0.05, 0.1) is 12.1 Å². The van der Waals surface area contributed by atoms with E-state index in [0.29, 0.717) is 0 Å². The van der Waals surface area contributed by atoms with E-state index in [1.165, 1.54) is 11.9 Å². The van der Waals surface area contributed by atoms with Crippen molar-refractivity contribution < 1.29 is 5.11 Å². The largest absolute Gasteiger partial charge is 0.390 e. The molecule has 0 amide bonds. The molecule has 0 saturated carbocycles. The van der Waals surface area contributed by atoms with Crippen molar-refractivity contribution in [1.29, 1.82) is 0 Å². The van der Waals surface area contributed by atoms with Gasteiger partial charge in [0.1, 0.15) is 12.7 Å². The Morgan fingerprint density at radius 1 is 1.17 bits per heavy atom. The van der Waals surface area contributed by atoms with E-state index in [2.05, 4.69) is 36.9 Å². The third kappa shape index (κ3) is 5.32. The molecule has 4 nitrogen and oxygen atoms in total. The minimum Gasteiger partial charge on any atom is -0.390 e. The van der Waals surface area contributed by atoms with Crippen molar-refractivity contribution in [3.05, 3.63) is 47.5 Å². The Hall–Kier alpha value is -1.39. The number of aryl methyl sites for hydroxylation is 1. The minimum absolute atomic E-state index is 0.0344. The monoisotopic (exact) mass is 349 g/mol. The predicted molar refractivity (Wildman–Crippen MR) is 98.1 cm³/mol. The average Bonchev–Trinajstić information content (AvgIpc) is 3.05. The highest BCUT2D eigenvalue weighted by atomic mass is 35.5. The summed E-state index contributed by atoms with van der Waals surface area (Å²) in [6.07, 6.45) is 7.90. The first-order valence-electron chi connectivity index (χ1n) is 8.65. The third-order valence-corrected chi connectivity index (χ3v) is 4.80. The van der Waals surface area contributed by atoms with Crippen LogP contribution in [0.2, 0.25) is 5.02 Å². The summed E-state index contributed by atoms with van der Waals surface area (Å²) in [6.45, 7) is 6.16. The Balaban J connectivity index is 1.84. The van der Waals surface area contributed by atoms with Gasteiger partial charge in [-0.2, -0.15) is 5.10 Å². The van der Waals surface area contributed by atoms with Gasteiger partial charge in [-0.05, 0) is 36.3 Å². The van der Waals surface area contributed by atoms with Gasteiger partial charge in [-0.1, -0.05) is 63.4 Å². The SMILES string of the molecule is CC(C)(C)C(O)C(CCCCCc1ccccc1Cl)n1cncn1. The van der Waals surface area contributed by atoms with Crippen molar-refractivity contribution in [2.45, 2.75) is 65.0 Å². The lowest BCUT2D eigenvalue weighted by Crippen LogP contribution is -2.35. The second kappa shape index (κ2) is 8.63. The van der Waals surface area contributed by atoms with E-state index in [9.17, 15) is 5.11 Å². The van der Waals surface area contributed by atoms with Crippen molar-refractivity contribution >= 4 is 11.6 Å². The number of hydrogen-bond acceptors (Lipinski definition) is 3. The molecule has 1 aromatic heterocycles. The number of benzene rings is 1. The molecule has 0 fully saturated rings. The molecule has 1 aromatic carbocycles. The third-order valence-electron chi connectivity index (χ3n) is 4.43. The Morgan fingerprint density at radius 3 is 2.54 bits per heavy atom. The molecule has 0 aliphatic heterocycles. The van der Waals surface area contributed by atoms with Crippen LogP contribution in [0.15, 0.2) is 36.9 Å². The summed E-state index contributed by atoms with van der Waals surface area (Å²) in [7, 11) is 0. The van der Waals surface area contributed by atoms with Gasteiger partial charge in [0.15, 0.2) is 0 Å². The van der Waals surface area contributed by atoms with Crippen LogP contribution in [0, 0.1) is 5.41 Å².